The van der Waals surface area contributed by atoms with Gasteiger partial charge in [0.25, 0.3) is 0 Å². The van der Waals surface area contributed by atoms with Crippen molar-refractivity contribution in [1.29, 1.82) is 0 Å². The van der Waals surface area contributed by atoms with E-state index >= 15 is 0 Å². The summed E-state index contributed by atoms with van der Waals surface area (Å²) in [5.74, 6) is -0.158. The van der Waals surface area contributed by atoms with Crippen molar-refractivity contribution in [2.45, 2.75) is 40.2 Å². The third-order valence-corrected chi connectivity index (χ3v) is 1.93. The zero-order valence-electron chi connectivity index (χ0n) is 10.0. The van der Waals surface area contributed by atoms with Gasteiger partial charge in [-0.1, -0.05) is 39.3 Å². The molecule has 1 aromatic rings. The molecule has 0 aliphatic heterocycles. The van der Waals surface area contributed by atoms with E-state index in [4.69, 9.17) is 0 Å². The Labute approximate surface area is 92.7 Å². The van der Waals surface area contributed by atoms with Crippen molar-refractivity contribution in [2.24, 2.45) is 0 Å². The maximum absolute atomic E-state index is 12.7. The summed E-state index contributed by atoms with van der Waals surface area (Å²) in [4.78, 5) is 0. The lowest BCUT2D eigenvalue weighted by atomic mass is 10.2. The average Bonchev–Trinajstić information content (AvgIpc) is 2.27. The van der Waals surface area contributed by atoms with E-state index in [-0.39, 0.29) is 5.82 Å². The van der Waals surface area contributed by atoms with Crippen LogP contribution in [0.1, 0.15) is 39.2 Å². The molecule has 0 saturated heterocycles. The molecule has 0 radical (unpaired) electrons. The van der Waals surface area contributed by atoms with E-state index in [2.05, 4.69) is 12.2 Å². The van der Waals surface area contributed by atoms with Crippen LogP contribution in [0.2, 0.25) is 0 Å². The number of nitrogens with one attached hydrogen (secondary N) is 1. The zero-order valence-corrected chi connectivity index (χ0v) is 10.0. The van der Waals surface area contributed by atoms with E-state index in [1.807, 2.05) is 19.9 Å². The van der Waals surface area contributed by atoms with Crippen molar-refractivity contribution in [2.75, 3.05) is 6.54 Å². The fourth-order valence-corrected chi connectivity index (χ4v) is 1.18. The molecule has 0 aromatic heterocycles. The quantitative estimate of drug-likeness (QED) is 0.731. The fourth-order valence-electron chi connectivity index (χ4n) is 1.18. The lowest BCUT2D eigenvalue weighted by molar-refractivity contribution is 0.614. The van der Waals surface area contributed by atoms with Crippen LogP contribution >= 0.6 is 0 Å². The molecule has 0 heterocycles. The maximum Gasteiger partial charge on any atom is 0.123 e. The molecule has 0 bridgehead atoms. The lowest BCUT2D eigenvalue weighted by Gasteiger charge is -2.03. The molecular formula is C13H22FN. The molecule has 0 amide bonds. The maximum atomic E-state index is 12.7. The summed E-state index contributed by atoms with van der Waals surface area (Å²) < 4.78 is 12.7. The van der Waals surface area contributed by atoms with Crippen molar-refractivity contribution >= 4 is 0 Å². The Bertz CT molecular complexity index is 248. The smallest absolute Gasteiger partial charge is 0.123 e. The third kappa shape index (κ3) is 7.09. The van der Waals surface area contributed by atoms with Crippen molar-refractivity contribution in [1.82, 2.24) is 5.32 Å². The molecule has 0 saturated carbocycles. The average molecular weight is 211 g/mol. The molecule has 1 aromatic carbocycles. The van der Waals surface area contributed by atoms with Crippen molar-refractivity contribution in [3.63, 3.8) is 0 Å². The standard InChI is InChI=1S/C11H16FN.C2H6/c1-2-3-7-13-9-10-5-4-6-11(12)8-10;1-2/h4-6,8,13H,2-3,7,9H2,1H3;1-2H3. The minimum absolute atomic E-state index is 0.158. The normalized spacial score (nSPS) is 9.33. The van der Waals surface area contributed by atoms with Crippen LogP contribution in [0.5, 0.6) is 0 Å². The van der Waals surface area contributed by atoms with Gasteiger partial charge in [0.2, 0.25) is 0 Å². The van der Waals surface area contributed by atoms with E-state index in [0.29, 0.717) is 0 Å². The Morgan fingerprint density at radius 3 is 2.60 bits per heavy atom. The Balaban J connectivity index is 0.000000921. The van der Waals surface area contributed by atoms with Gasteiger partial charge in [-0.3, -0.25) is 0 Å². The number of hydrogen-bond acceptors (Lipinski definition) is 1. The molecule has 15 heavy (non-hydrogen) atoms. The van der Waals surface area contributed by atoms with Crippen molar-refractivity contribution in [3.8, 4) is 0 Å². The number of rotatable bonds is 5. The fraction of sp³-hybridized carbons (Fsp3) is 0.538. The van der Waals surface area contributed by atoms with Crippen LogP contribution in [-0.4, -0.2) is 6.54 Å². The number of unbranched alkanes of at least 4 members (excludes halogenated alkanes) is 1. The number of hydrogen-bond donors (Lipinski definition) is 1. The molecule has 86 valence electrons. The van der Waals surface area contributed by atoms with Gasteiger partial charge in [-0.2, -0.15) is 0 Å². The second-order valence-corrected chi connectivity index (χ2v) is 3.16. The third-order valence-electron chi connectivity index (χ3n) is 1.93. The summed E-state index contributed by atoms with van der Waals surface area (Å²) in [5, 5.41) is 3.26. The van der Waals surface area contributed by atoms with Gasteiger partial charge in [0.05, 0.1) is 0 Å². The van der Waals surface area contributed by atoms with Crippen LogP contribution in [0.25, 0.3) is 0 Å². The van der Waals surface area contributed by atoms with Crippen LogP contribution in [0.3, 0.4) is 0 Å². The second-order valence-electron chi connectivity index (χ2n) is 3.16. The highest BCUT2D eigenvalue weighted by molar-refractivity contribution is 5.15. The van der Waals surface area contributed by atoms with Crippen LogP contribution in [0, 0.1) is 5.82 Å². The second kappa shape index (κ2) is 9.66. The Morgan fingerprint density at radius 1 is 1.27 bits per heavy atom. The summed E-state index contributed by atoms with van der Waals surface area (Å²) in [7, 11) is 0. The SMILES string of the molecule is CC.CCCCNCc1cccc(F)c1. The van der Waals surface area contributed by atoms with E-state index in [9.17, 15) is 4.39 Å². The molecule has 1 rings (SSSR count). The van der Waals surface area contributed by atoms with Crippen molar-refractivity contribution in [3.05, 3.63) is 35.6 Å². The van der Waals surface area contributed by atoms with Crippen molar-refractivity contribution < 1.29 is 4.39 Å². The molecule has 0 atom stereocenters. The molecular weight excluding hydrogens is 189 g/mol. The first-order valence-corrected chi connectivity index (χ1v) is 5.78. The molecule has 1 N–H and O–H groups in total. The van der Waals surface area contributed by atoms with Gasteiger partial charge in [-0.15, -0.1) is 0 Å². The van der Waals surface area contributed by atoms with Gasteiger partial charge < -0.3 is 5.32 Å². The van der Waals surface area contributed by atoms with E-state index in [1.54, 1.807) is 12.1 Å². The highest BCUT2D eigenvalue weighted by Crippen LogP contribution is 2.02. The van der Waals surface area contributed by atoms with Gasteiger partial charge in [0.15, 0.2) is 0 Å². The van der Waals surface area contributed by atoms with Gasteiger partial charge in [-0.05, 0) is 30.7 Å². The molecule has 0 unspecified atom stereocenters. The van der Waals surface area contributed by atoms with E-state index in [0.717, 1.165) is 18.7 Å². The highest BCUT2D eigenvalue weighted by atomic mass is 19.1. The van der Waals surface area contributed by atoms with Gasteiger partial charge in [-0.25, -0.2) is 4.39 Å². The van der Waals surface area contributed by atoms with Gasteiger partial charge >= 0.3 is 0 Å². The monoisotopic (exact) mass is 211 g/mol. The Hall–Kier alpha value is -0.890. The minimum atomic E-state index is -0.158. The minimum Gasteiger partial charge on any atom is -0.313 e. The van der Waals surface area contributed by atoms with Crippen LogP contribution < -0.4 is 5.32 Å². The molecule has 2 heteroatoms. The zero-order chi connectivity index (χ0) is 11.5. The van der Waals surface area contributed by atoms with Gasteiger partial charge in [0.1, 0.15) is 5.82 Å². The van der Waals surface area contributed by atoms with Crippen LogP contribution in [0.15, 0.2) is 24.3 Å². The summed E-state index contributed by atoms with van der Waals surface area (Å²) in [6.07, 6.45) is 2.37. The Morgan fingerprint density at radius 2 is 2.00 bits per heavy atom. The summed E-state index contributed by atoms with van der Waals surface area (Å²) >= 11 is 0. The summed E-state index contributed by atoms with van der Waals surface area (Å²) in [5.41, 5.74) is 1.01. The predicted molar refractivity (Wildman–Crippen MR) is 64.4 cm³/mol. The van der Waals surface area contributed by atoms with Crippen LogP contribution in [0.4, 0.5) is 4.39 Å². The van der Waals surface area contributed by atoms with E-state index < -0.39 is 0 Å². The number of halogens is 1. The first-order chi connectivity index (χ1) is 7.33. The largest absolute Gasteiger partial charge is 0.313 e. The first-order valence-electron chi connectivity index (χ1n) is 5.78. The topological polar surface area (TPSA) is 12.0 Å². The number of benzene rings is 1. The highest BCUT2D eigenvalue weighted by Gasteiger charge is 1.93. The lowest BCUT2D eigenvalue weighted by Crippen LogP contribution is -2.14. The predicted octanol–water partition coefficient (Wildman–Crippen LogP) is 3.74. The summed E-state index contributed by atoms with van der Waals surface area (Å²) in [6, 6.07) is 6.71. The Kier molecular flexibility index (Phi) is 9.08. The van der Waals surface area contributed by atoms with E-state index in [1.165, 1.54) is 18.9 Å². The van der Waals surface area contributed by atoms with Gasteiger partial charge in [0, 0.05) is 6.54 Å². The van der Waals surface area contributed by atoms with Crippen LogP contribution in [-0.2, 0) is 6.54 Å². The molecule has 1 nitrogen and oxygen atoms in total. The molecule has 0 aliphatic rings. The molecule has 0 aliphatic carbocycles. The molecule has 0 fully saturated rings. The summed E-state index contributed by atoms with van der Waals surface area (Å²) in [6.45, 7) is 7.93. The molecule has 0 spiro atoms. The first kappa shape index (κ1) is 14.1.